The SMILES string of the molecule is CC1(C)C(C(=O)O)=CC[C@@]2(C)C1CC[C@]1(C)C2C(=O)C=C2C3C[C@@](C)(C(=O)OCc4ccccc4)CC[C@]3(C)CC[C@]21C. The molecule has 6 rings (SSSR count). The second-order valence-electron chi connectivity index (χ2n) is 16.7. The van der Waals surface area contributed by atoms with Gasteiger partial charge in [-0.3, -0.25) is 9.59 Å². The summed E-state index contributed by atoms with van der Waals surface area (Å²) in [6.45, 7) is 15.9. The van der Waals surface area contributed by atoms with E-state index in [1.165, 1.54) is 5.57 Å². The number of aliphatic carboxylic acids is 1. The van der Waals surface area contributed by atoms with Crippen LogP contribution in [0.4, 0.5) is 0 Å². The Balaban J connectivity index is 1.35. The third kappa shape index (κ3) is 4.19. The first kappa shape index (κ1) is 30.3. The summed E-state index contributed by atoms with van der Waals surface area (Å²) >= 11 is 0. The van der Waals surface area contributed by atoms with E-state index in [1.807, 2.05) is 42.5 Å². The first-order valence-corrected chi connectivity index (χ1v) is 16.4. The van der Waals surface area contributed by atoms with Gasteiger partial charge in [0.15, 0.2) is 5.78 Å². The van der Waals surface area contributed by atoms with Crippen LogP contribution in [0.5, 0.6) is 0 Å². The number of ketones is 1. The number of ether oxygens (including phenoxy) is 1. The molecule has 1 N–H and O–H groups in total. The van der Waals surface area contributed by atoms with Crippen LogP contribution in [0.3, 0.4) is 0 Å². The Morgan fingerprint density at radius 2 is 1.60 bits per heavy atom. The van der Waals surface area contributed by atoms with Gasteiger partial charge < -0.3 is 9.84 Å². The first-order valence-electron chi connectivity index (χ1n) is 16.4. The monoisotopic (exact) mass is 586 g/mol. The summed E-state index contributed by atoms with van der Waals surface area (Å²) in [5, 5.41) is 10.0. The zero-order valence-electron chi connectivity index (χ0n) is 27.2. The molecule has 0 spiro atoms. The van der Waals surface area contributed by atoms with Gasteiger partial charge in [0.05, 0.1) is 5.41 Å². The number of esters is 1. The Labute approximate surface area is 257 Å². The molecule has 0 aromatic heterocycles. The molecule has 0 amide bonds. The Hall–Kier alpha value is -2.69. The predicted molar refractivity (Wildman–Crippen MR) is 167 cm³/mol. The van der Waals surface area contributed by atoms with E-state index in [0.717, 1.165) is 44.1 Å². The third-order valence-corrected chi connectivity index (χ3v) is 14.1. The van der Waals surface area contributed by atoms with Gasteiger partial charge >= 0.3 is 11.9 Å². The Kier molecular flexibility index (Phi) is 6.81. The predicted octanol–water partition coefficient (Wildman–Crippen LogP) is 8.33. The fraction of sp³-hybridized carbons (Fsp3) is 0.658. The standard InChI is InChI=1S/C38H50O5/c1-33(2)25(31(40)41)13-15-36(5)29(33)14-16-38(7)30(36)28(39)21-26-27-22-35(4,18-17-34(27,3)19-20-37(26,38)6)32(42)43-23-24-11-9-8-10-12-24/h8-13,21,27,29-30H,14-20,22-23H2,1-7H3,(H,40,41)/t27?,29?,30?,34-,35+,36+,37-,38-/m1/s1. The number of fused-ring (bicyclic) bond motifs is 7. The Bertz CT molecular complexity index is 1420. The average Bonchev–Trinajstić information content (AvgIpc) is 2.93. The van der Waals surface area contributed by atoms with Crippen LogP contribution in [0.2, 0.25) is 0 Å². The molecule has 5 aliphatic rings. The van der Waals surface area contributed by atoms with Gasteiger partial charge in [0, 0.05) is 11.5 Å². The highest BCUT2D eigenvalue weighted by Gasteiger charge is 2.70. The van der Waals surface area contributed by atoms with Crippen LogP contribution in [0.25, 0.3) is 0 Å². The van der Waals surface area contributed by atoms with Crippen molar-refractivity contribution in [3.05, 3.63) is 59.2 Å². The van der Waals surface area contributed by atoms with Gasteiger partial charge in [0.2, 0.25) is 0 Å². The number of hydrogen-bond acceptors (Lipinski definition) is 4. The van der Waals surface area contributed by atoms with Crippen LogP contribution in [0.1, 0.15) is 105 Å². The third-order valence-electron chi connectivity index (χ3n) is 14.1. The van der Waals surface area contributed by atoms with Crippen molar-refractivity contribution in [2.75, 3.05) is 0 Å². The van der Waals surface area contributed by atoms with Gasteiger partial charge in [0.1, 0.15) is 6.61 Å². The van der Waals surface area contributed by atoms with Crippen LogP contribution in [0.15, 0.2) is 53.6 Å². The molecule has 0 radical (unpaired) electrons. The van der Waals surface area contributed by atoms with E-state index in [2.05, 4.69) is 48.5 Å². The molecule has 3 fully saturated rings. The number of benzene rings is 1. The molecule has 3 saturated carbocycles. The fourth-order valence-corrected chi connectivity index (χ4v) is 11.2. The molecule has 232 valence electrons. The lowest BCUT2D eigenvalue weighted by Crippen LogP contribution is -2.65. The smallest absolute Gasteiger partial charge is 0.331 e. The molecule has 1 aromatic rings. The van der Waals surface area contributed by atoms with Crippen LogP contribution >= 0.6 is 0 Å². The maximum atomic E-state index is 14.5. The molecule has 0 bridgehead atoms. The van der Waals surface area contributed by atoms with Crippen molar-refractivity contribution in [1.29, 1.82) is 0 Å². The second kappa shape index (κ2) is 9.65. The highest BCUT2D eigenvalue weighted by molar-refractivity contribution is 5.96. The van der Waals surface area contributed by atoms with Crippen molar-refractivity contribution in [1.82, 2.24) is 0 Å². The lowest BCUT2D eigenvalue weighted by Gasteiger charge is -2.69. The van der Waals surface area contributed by atoms with Crippen molar-refractivity contribution in [2.24, 2.45) is 50.2 Å². The molecule has 1 aromatic carbocycles. The van der Waals surface area contributed by atoms with E-state index in [9.17, 15) is 19.5 Å². The fourth-order valence-electron chi connectivity index (χ4n) is 11.2. The number of hydrogen-bond donors (Lipinski definition) is 1. The van der Waals surface area contributed by atoms with Crippen molar-refractivity contribution in [2.45, 2.75) is 106 Å². The van der Waals surface area contributed by atoms with Crippen LogP contribution < -0.4 is 0 Å². The van der Waals surface area contributed by atoms with Crippen molar-refractivity contribution in [3.8, 4) is 0 Å². The highest BCUT2D eigenvalue weighted by atomic mass is 16.5. The molecule has 5 aliphatic carbocycles. The minimum absolute atomic E-state index is 0.0566. The number of carbonyl (C=O) groups is 3. The van der Waals surface area contributed by atoms with E-state index in [4.69, 9.17) is 4.74 Å². The van der Waals surface area contributed by atoms with E-state index >= 15 is 0 Å². The normalized spacial score (nSPS) is 43.1. The quantitative estimate of drug-likeness (QED) is 0.359. The minimum atomic E-state index is -0.835. The number of carbonyl (C=O) groups excluding carboxylic acids is 2. The largest absolute Gasteiger partial charge is 0.478 e. The van der Waals surface area contributed by atoms with Gasteiger partial charge in [-0.05, 0) is 109 Å². The molecule has 0 aliphatic heterocycles. The van der Waals surface area contributed by atoms with Crippen molar-refractivity contribution in [3.63, 3.8) is 0 Å². The number of carboxylic acid groups (broad SMARTS) is 1. The molecule has 3 unspecified atom stereocenters. The Morgan fingerprint density at radius 3 is 2.28 bits per heavy atom. The molecule has 5 nitrogen and oxygen atoms in total. The zero-order chi connectivity index (χ0) is 31.2. The van der Waals surface area contributed by atoms with Gasteiger partial charge in [-0.1, -0.05) is 83.5 Å². The molecule has 0 saturated heterocycles. The number of allylic oxidation sites excluding steroid dienone is 3. The molecular weight excluding hydrogens is 536 g/mol. The summed E-state index contributed by atoms with van der Waals surface area (Å²) in [7, 11) is 0. The van der Waals surface area contributed by atoms with Gasteiger partial charge in [-0.2, -0.15) is 0 Å². The Morgan fingerprint density at radius 1 is 0.930 bits per heavy atom. The molecular formula is C38H50O5. The topological polar surface area (TPSA) is 80.7 Å². The number of rotatable bonds is 4. The van der Waals surface area contributed by atoms with Gasteiger partial charge in [-0.15, -0.1) is 0 Å². The molecule has 43 heavy (non-hydrogen) atoms. The lowest BCUT2D eigenvalue weighted by molar-refractivity contribution is -0.177. The molecule has 8 atom stereocenters. The molecule has 5 heteroatoms. The summed E-state index contributed by atoms with van der Waals surface area (Å²) in [6.07, 6.45) is 11.0. The lowest BCUT2D eigenvalue weighted by atomic mass is 9.33. The van der Waals surface area contributed by atoms with E-state index in [1.54, 1.807) is 0 Å². The van der Waals surface area contributed by atoms with E-state index in [0.29, 0.717) is 18.4 Å². The second-order valence-corrected chi connectivity index (χ2v) is 16.7. The van der Waals surface area contributed by atoms with E-state index in [-0.39, 0.29) is 57.8 Å². The number of carboxylic acids is 1. The summed E-state index contributed by atoms with van der Waals surface area (Å²) in [5.74, 6) is -0.623. The first-order chi connectivity index (χ1) is 20.0. The van der Waals surface area contributed by atoms with Gasteiger partial charge in [-0.25, -0.2) is 4.79 Å². The summed E-state index contributed by atoms with van der Waals surface area (Å²) in [5.41, 5.74) is 1.04. The summed E-state index contributed by atoms with van der Waals surface area (Å²) in [4.78, 5) is 40.4. The van der Waals surface area contributed by atoms with Crippen LogP contribution in [-0.4, -0.2) is 22.8 Å². The summed E-state index contributed by atoms with van der Waals surface area (Å²) < 4.78 is 5.92. The average molecular weight is 587 g/mol. The summed E-state index contributed by atoms with van der Waals surface area (Å²) in [6, 6.07) is 9.85. The van der Waals surface area contributed by atoms with Crippen LogP contribution in [-0.2, 0) is 25.7 Å². The maximum Gasteiger partial charge on any atom is 0.331 e. The minimum Gasteiger partial charge on any atom is -0.478 e. The highest BCUT2D eigenvalue weighted by Crippen LogP contribution is 2.75. The maximum absolute atomic E-state index is 14.5. The zero-order valence-corrected chi connectivity index (χ0v) is 27.2. The van der Waals surface area contributed by atoms with E-state index < -0.39 is 16.8 Å². The van der Waals surface area contributed by atoms with Crippen molar-refractivity contribution < 1.29 is 24.2 Å². The van der Waals surface area contributed by atoms with Crippen molar-refractivity contribution >= 4 is 17.7 Å². The van der Waals surface area contributed by atoms with Gasteiger partial charge in [0.25, 0.3) is 0 Å². The van der Waals surface area contributed by atoms with Crippen LogP contribution in [0, 0.1) is 50.2 Å². The molecule has 0 heterocycles.